The highest BCUT2D eigenvalue weighted by Gasteiger charge is 2.19. The first-order valence-electron chi connectivity index (χ1n) is 6.86. The van der Waals surface area contributed by atoms with Gasteiger partial charge in [-0.15, -0.1) is 11.3 Å². The van der Waals surface area contributed by atoms with E-state index < -0.39 is 0 Å². The number of thiazole rings is 1. The number of nitrogens with zero attached hydrogens (tertiary/aromatic N) is 3. The van der Waals surface area contributed by atoms with Gasteiger partial charge in [-0.2, -0.15) is 0 Å². The normalized spacial score (nSPS) is 17.8. The molecule has 1 unspecified atom stereocenters. The first kappa shape index (κ1) is 14.1. The van der Waals surface area contributed by atoms with Gasteiger partial charge in [0, 0.05) is 37.4 Å². The molecule has 110 valence electrons. The highest BCUT2D eigenvalue weighted by Crippen LogP contribution is 2.20. The molecule has 0 spiro atoms. The summed E-state index contributed by atoms with van der Waals surface area (Å²) in [4.78, 5) is 24.5. The number of carbonyl (C=O) groups excluding carboxylic acids is 1. The SMILES string of the molecule is O=C(CC1CCOC1)NCc1csc(-c2cnccn2)n1. The molecular weight excluding hydrogens is 288 g/mol. The molecule has 0 bridgehead atoms. The average molecular weight is 304 g/mol. The Morgan fingerprint density at radius 1 is 1.48 bits per heavy atom. The lowest BCUT2D eigenvalue weighted by atomic mass is 10.1. The van der Waals surface area contributed by atoms with Gasteiger partial charge in [-0.1, -0.05) is 0 Å². The average Bonchev–Trinajstić information content (AvgIpc) is 3.17. The molecule has 3 heterocycles. The van der Waals surface area contributed by atoms with Gasteiger partial charge in [-0.05, 0) is 12.3 Å². The molecule has 6 nitrogen and oxygen atoms in total. The molecule has 1 aliphatic heterocycles. The molecule has 1 N–H and O–H groups in total. The van der Waals surface area contributed by atoms with Gasteiger partial charge in [0.25, 0.3) is 0 Å². The van der Waals surface area contributed by atoms with Gasteiger partial charge in [0.05, 0.1) is 18.4 Å². The van der Waals surface area contributed by atoms with Crippen LogP contribution >= 0.6 is 11.3 Å². The Morgan fingerprint density at radius 3 is 3.19 bits per heavy atom. The number of hydrogen-bond donors (Lipinski definition) is 1. The number of hydrogen-bond acceptors (Lipinski definition) is 6. The summed E-state index contributed by atoms with van der Waals surface area (Å²) in [5.74, 6) is 0.412. The summed E-state index contributed by atoms with van der Waals surface area (Å²) in [6.45, 7) is 1.91. The second-order valence-electron chi connectivity index (χ2n) is 4.95. The van der Waals surface area contributed by atoms with E-state index >= 15 is 0 Å². The zero-order valence-electron chi connectivity index (χ0n) is 11.5. The molecule has 7 heteroatoms. The zero-order chi connectivity index (χ0) is 14.5. The van der Waals surface area contributed by atoms with Crippen LogP contribution in [-0.2, 0) is 16.1 Å². The Balaban J connectivity index is 1.51. The third-order valence-electron chi connectivity index (χ3n) is 3.30. The van der Waals surface area contributed by atoms with Crippen LogP contribution in [0, 0.1) is 5.92 Å². The van der Waals surface area contributed by atoms with Gasteiger partial charge >= 0.3 is 0 Å². The standard InChI is InChI=1S/C14H16N4O2S/c19-13(5-10-1-4-20-8-10)17-6-11-9-21-14(18-11)12-7-15-2-3-16-12/h2-3,7,9-10H,1,4-6,8H2,(H,17,19). The zero-order valence-corrected chi connectivity index (χ0v) is 12.3. The molecule has 2 aromatic rings. The van der Waals surface area contributed by atoms with Gasteiger partial charge in [-0.3, -0.25) is 14.8 Å². The summed E-state index contributed by atoms with van der Waals surface area (Å²) in [6, 6.07) is 0. The summed E-state index contributed by atoms with van der Waals surface area (Å²) >= 11 is 1.50. The topological polar surface area (TPSA) is 77.0 Å². The van der Waals surface area contributed by atoms with E-state index in [9.17, 15) is 4.79 Å². The summed E-state index contributed by atoms with van der Waals surface area (Å²) in [6.07, 6.45) is 6.45. The van der Waals surface area contributed by atoms with E-state index in [0.717, 1.165) is 29.4 Å². The van der Waals surface area contributed by atoms with Crippen molar-refractivity contribution in [3.8, 4) is 10.7 Å². The monoisotopic (exact) mass is 304 g/mol. The minimum absolute atomic E-state index is 0.0551. The Hall–Kier alpha value is -1.86. The van der Waals surface area contributed by atoms with Crippen molar-refractivity contribution in [1.29, 1.82) is 0 Å². The predicted molar refractivity (Wildman–Crippen MR) is 78.5 cm³/mol. The van der Waals surface area contributed by atoms with Gasteiger partial charge in [0.2, 0.25) is 5.91 Å². The minimum Gasteiger partial charge on any atom is -0.381 e. The maximum absolute atomic E-state index is 11.8. The van der Waals surface area contributed by atoms with Crippen LogP contribution in [0.4, 0.5) is 0 Å². The van der Waals surface area contributed by atoms with Crippen molar-refractivity contribution in [2.45, 2.75) is 19.4 Å². The van der Waals surface area contributed by atoms with Gasteiger partial charge in [-0.25, -0.2) is 4.98 Å². The van der Waals surface area contributed by atoms with Crippen LogP contribution in [0.5, 0.6) is 0 Å². The lowest BCUT2D eigenvalue weighted by molar-refractivity contribution is -0.122. The van der Waals surface area contributed by atoms with Crippen molar-refractivity contribution in [3.63, 3.8) is 0 Å². The molecule has 3 rings (SSSR count). The highest BCUT2D eigenvalue weighted by molar-refractivity contribution is 7.13. The van der Waals surface area contributed by atoms with E-state index in [-0.39, 0.29) is 5.91 Å². The molecule has 21 heavy (non-hydrogen) atoms. The quantitative estimate of drug-likeness (QED) is 0.908. The Kier molecular flexibility index (Phi) is 4.52. The lowest BCUT2D eigenvalue weighted by Crippen LogP contribution is -2.25. The van der Waals surface area contributed by atoms with Crippen LogP contribution in [0.15, 0.2) is 24.0 Å². The fraction of sp³-hybridized carbons (Fsp3) is 0.429. The highest BCUT2D eigenvalue weighted by atomic mass is 32.1. The first-order chi connectivity index (χ1) is 10.3. The van der Waals surface area contributed by atoms with Crippen LogP contribution in [0.25, 0.3) is 10.7 Å². The predicted octanol–water partition coefficient (Wildman–Crippen LogP) is 1.64. The molecule has 1 atom stereocenters. The maximum Gasteiger partial charge on any atom is 0.220 e. The van der Waals surface area contributed by atoms with E-state index in [1.54, 1.807) is 18.6 Å². The molecule has 0 aliphatic carbocycles. The number of aromatic nitrogens is 3. The number of carbonyl (C=O) groups is 1. The van der Waals surface area contributed by atoms with Crippen molar-refractivity contribution >= 4 is 17.2 Å². The van der Waals surface area contributed by atoms with Crippen molar-refractivity contribution in [2.75, 3.05) is 13.2 Å². The van der Waals surface area contributed by atoms with Crippen LogP contribution in [0.3, 0.4) is 0 Å². The van der Waals surface area contributed by atoms with Crippen LogP contribution in [-0.4, -0.2) is 34.1 Å². The molecule has 2 aromatic heterocycles. The first-order valence-corrected chi connectivity index (χ1v) is 7.74. The van der Waals surface area contributed by atoms with Gasteiger partial charge in [0.15, 0.2) is 0 Å². The molecule has 1 saturated heterocycles. The lowest BCUT2D eigenvalue weighted by Gasteiger charge is -2.07. The Morgan fingerprint density at radius 2 is 2.43 bits per heavy atom. The summed E-state index contributed by atoms with van der Waals surface area (Å²) in [7, 11) is 0. The molecular formula is C14H16N4O2S. The third kappa shape index (κ3) is 3.83. The van der Waals surface area contributed by atoms with Gasteiger partial charge in [0.1, 0.15) is 10.7 Å². The maximum atomic E-state index is 11.8. The summed E-state index contributed by atoms with van der Waals surface area (Å²) in [5, 5.41) is 5.65. The van der Waals surface area contributed by atoms with E-state index in [0.29, 0.717) is 25.5 Å². The van der Waals surface area contributed by atoms with E-state index in [4.69, 9.17) is 4.74 Å². The Bertz CT molecular complexity index is 596. The van der Waals surface area contributed by atoms with Crippen LogP contribution in [0.1, 0.15) is 18.5 Å². The molecule has 1 amide bonds. The molecule has 0 saturated carbocycles. The van der Waals surface area contributed by atoms with E-state index in [1.807, 2.05) is 5.38 Å². The Labute approximate surface area is 126 Å². The van der Waals surface area contributed by atoms with Crippen molar-refractivity contribution in [3.05, 3.63) is 29.7 Å². The third-order valence-corrected chi connectivity index (χ3v) is 4.21. The van der Waals surface area contributed by atoms with Crippen molar-refractivity contribution < 1.29 is 9.53 Å². The van der Waals surface area contributed by atoms with Crippen LogP contribution in [0.2, 0.25) is 0 Å². The number of ether oxygens (including phenoxy) is 1. The van der Waals surface area contributed by atoms with Crippen molar-refractivity contribution in [2.24, 2.45) is 5.92 Å². The molecule has 1 aliphatic rings. The molecule has 1 fully saturated rings. The smallest absolute Gasteiger partial charge is 0.220 e. The summed E-state index contributed by atoms with van der Waals surface area (Å²) in [5.41, 5.74) is 1.60. The number of rotatable bonds is 5. The van der Waals surface area contributed by atoms with Crippen LogP contribution < -0.4 is 5.32 Å². The molecule has 0 radical (unpaired) electrons. The molecule has 0 aromatic carbocycles. The van der Waals surface area contributed by atoms with E-state index in [2.05, 4.69) is 20.3 Å². The second-order valence-corrected chi connectivity index (χ2v) is 5.80. The summed E-state index contributed by atoms with van der Waals surface area (Å²) < 4.78 is 5.27. The fourth-order valence-electron chi connectivity index (χ4n) is 2.18. The van der Waals surface area contributed by atoms with Gasteiger partial charge < -0.3 is 10.1 Å². The van der Waals surface area contributed by atoms with Crippen molar-refractivity contribution in [1.82, 2.24) is 20.3 Å². The number of nitrogens with one attached hydrogen (secondary N) is 1. The fourth-order valence-corrected chi connectivity index (χ4v) is 2.96. The minimum atomic E-state index is 0.0551. The largest absolute Gasteiger partial charge is 0.381 e. The van der Waals surface area contributed by atoms with E-state index in [1.165, 1.54) is 11.3 Å². The second kappa shape index (κ2) is 6.73. The number of amides is 1.